The van der Waals surface area contributed by atoms with Gasteiger partial charge in [-0.25, -0.2) is 0 Å². The van der Waals surface area contributed by atoms with Crippen molar-refractivity contribution in [3.8, 4) is 0 Å². The van der Waals surface area contributed by atoms with Crippen LogP contribution in [0.4, 0.5) is 5.69 Å². The van der Waals surface area contributed by atoms with Crippen molar-refractivity contribution in [3.63, 3.8) is 0 Å². The largest absolute Gasteiger partial charge is 0.378 e. The lowest BCUT2D eigenvalue weighted by molar-refractivity contribution is 0.613. The van der Waals surface area contributed by atoms with Crippen LogP contribution >= 0.6 is 0 Å². The molecule has 1 aromatic carbocycles. The van der Waals surface area contributed by atoms with E-state index >= 15 is 0 Å². The van der Waals surface area contributed by atoms with Crippen molar-refractivity contribution in [2.45, 2.75) is 38.3 Å². The van der Waals surface area contributed by atoms with Crippen molar-refractivity contribution in [1.82, 2.24) is 10.6 Å². The van der Waals surface area contributed by atoms with Crippen LogP contribution in [0, 0.1) is 0 Å². The lowest BCUT2D eigenvalue weighted by Crippen LogP contribution is -2.41. The van der Waals surface area contributed by atoms with Gasteiger partial charge in [0.05, 0.1) is 0 Å². The lowest BCUT2D eigenvalue weighted by Gasteiger charge is -2.17. The van der Waals surface area contributed by atoms with Crippen LogP contribution in [0.15, 0.2) is 29.3 Å². The highest BCUT2D eigenvalue weighted by Crippen LogP contribution is 2.17. The average Bonchev–Trinajstić information content (AvgIpc) is 2.96. The molecule has 4 nitrogen and oxygen atoms in total. The summed E-state index contributed by atoms with van der Waals surface area (Å²) in [4.78, 5) is 6.41. The molecule has 110 valence electrons. The van der Waals surface area contributed by atoms with Crippen LogP contribution in [0.5, 0.6) is 0 Å². The number of aliphatic imine (C=N–C) groups is 1. The molecule has 0 unspecified atom stereocenters. The van der Waals surface area contributed by atoms with E-state index < -0.39 is 0 Å². The van der Waals surface area contributed by atoms with Gasteiger partial charge in [-0.05, 0) is 30.5 Å². The van der Waals surface area contributed by atoms with E-state index in [1.54, 1.807) is 0 Å². The summed E-state index contributed by atoms with van der Waals surface area (Å²) in [5, 5.41) is 6.88. The Morgan fingerprint density at radius 3 is 2.40 bits per heavy atom. The molecule has 1 aromatic rings. The first-order chi connectivity index (χ1) is 9.69. The van der Waals surface area contributed by atoms with E-state index in [2.05, 4.69) is 58.9 Å². The summed E-state index contributed by atoms with van der Waals surface area (Å²) in [6, 6.07) is 9.20. The number of guanidine groups is 1. The summed E-state index contributed by atoms with van der Waals surface area (Å²) in [6.45, 7) is 0.806. The zero-order valence-electron chi connectivity index (χ0n) is 12.8. The van der Waals surface area contributed by atoms with Crippen LogP contribution in [0.25, 0.3) is 0 Å². The van der Waals surface area contributed by atoms with Crippen molar-refractivity contribution >= 4 is 11.6 Å². The second-order valence-electron chi connectivity index (χ2n) is 5.61. The van der Waals surface area contributed by atoms with E-state index in [1.165, 1.54) is 36.9 Å². The van der Waals surface area contributed by atoms with Gasteiger partial charge in [0.1, 0.15) is 0 Å². The van der Waals surface area contributed by atoms with Gasteiger partial charge >= 0.3 is 0 Å². The maximum atomic E-state index is 4.30. The minimum atomic E-state index is 0.595. The van der Waals surface area contributed by atoms with Gasteiger partial charge in [-0.15, -0.1) is 0 Å². The Hall–Kier alpha value is -1.71. The third-order valence-electron chi connectivity index (χ3n) is 3.83. The van der Waals surface area contributed by atoms with E-state index in [-0.39, 0.29) is 0 Å². The van der Waals surface area contributed by atoms with E-state index in [1.807, 2.05) is 7.05 Å². The van der Waals surface area contributed by atoms with Gasteiger partial charge < -0.3 is 15.5 Å². The molecule has 0 bridgehead atoms. The highest BCUT2D eigenvalue weighted by molar-refractivity contribution is 5.80. The Morgan fingerprint density at radius 1 is 1.20 bits per heavy atom. The van der Waals surface area contributed by atoms with Crippen molar-refractivity contribution in [3.05, 3.63) is 29.8 Å². The monoisotopic (exact) mass is 274 g/mol. The summed E-state index contributed by atoms with van der Waals surface area (Å²) < 4.78 is 0. The first kappa shape index (κ1) is 14.7. The normalized spacial score (nSPS) is 16.2. The molecular weight excluding hydrogens is 248 g/mol. The van der Waals surface area contributed by atoms with Gasteiger partial charge in [0.2, 0.25) is 0 Å². The minimum absolute atomic E-state index is 0.595. The Morgan fingerprint density at radius 2 is 1.85 bits per heavy atom. The summed E-state index contributed by atoms with van der Waals surface area (Å²) >= 11 is 0. The first-order valence-electron chi connectivity index (χ1n) is 7.42. The van der Waals surface area contributed by atoms with Gasteiger partial charge in [-0.2, -0.15) is 0 Å². The molecule has 1 saturated carbocycles. The molecule has 0 aromatic heterocycles. The highest BCUT2D eigenvalue weighted by Gasteiger charge is 2.15. The number of hydrogen-bond donors (Lipinski definition) is 2. The molecule has 0 heterocycles. The standard InChI is InChI=1S/C16H26N4/c1-17-16(19-14-6-4-5-7-14)18-12-13-8-10-15(11-9-13)20(2)3/h8-11,14H,4-7,12H2,1-3H3,(H2,17,18,19). The number of nitrogens with one attached hydrogen (secondary N) is 2. The molecule has 1 aliphatic carbocycles. The third-order valence-corrected chi connectivity index (χ3v) is 3.83. The Bertz CT molecular complexity index is 430. The molecule has 0 amide bonds. The zero-order valence-corrected chi connectivity index (χ0v) is 12.8. The van der Waals surface area contributed by atoms with Gasteiger partial charge in [-0.1, -0.05) is 25.0 Å². The van der Waals surface area contributed by atoms with Crippen molar-refractivity contribution in [1.29, 1.82) is 0 Å². The molecule has 0 atom stereocenters. The fourth-order valence-electron chi connectivity index (χ4n) is 2.56. The van der Waals surface area contributed by atoms with Gasteiger partial charge in [-0.3, -0.25) is 4.99 Å². The summed E-state index contributed by atoms with van der Waals surface area (Å²) in [5.74, 6) is 0.911. The summed E-state index contributed by atoms with van der Waals surface area (Å²) in [5.41, 5.74) is 2.49. The SMILES string of the molecule is CN=C(NCc1ccc(N(C)C)cc1)NC1CCCC1. The van der Waals surface area contributed by atoms with E-state index in [9.17, 15) is 0 Å². The second kappa shape index (κ2) is 7.17. The summed E-state index contributed by atoms with van der Waals surface area (Å²) in [6.07, 6.45) is 5.19. The predicted molar refractivity (Wildman–Crippen MR) is 86.4 cm³/mol. The molecule has 0 radical (unpaired) electrons. The van der Waals surface area contributed by atoms with Crippen LogP contribution in [0.1, 0.15) is 31.2 Å². The Labute approximate surface area is 122 Å². The highest BCUT2D eigenvalue weighted by atomic mass is 15.2. The molecule has 1 aliphatic rings. The molecule has 2 rings (SSSR count). The van der Waals surface area contributed by atoms with Crippen molar-refractivity contribution in [2.75, 3.05) is 26.0 Å². The smallest absolute Gasteiger partial charge is 0.191 e. The molecule has 20 heavy (non-hydrogen) atoms. The fraction of sp³-hybridized carbons (Fsp3) is 0.562. The maximum absolute atomic E-state index is 4.30. The number of anilines is 1. The molecule has 0 spiro atoms. The van der Waals surface area contributed by atoms with Crippen LogP contribution in [-0.2, 0) is 6.54 Å². The van der Waals surface area contributed by atoms with Gasteiger partial charge in [0.15, 0.2) is 5.96 Å². The van der Waals surface area contributed by atoms with E-state index in [4.69, 9.17) is 0 Å². The number of nitrogens with zero attached hydrogens (tertiary/aromatic N) is 2. The third kappa shape index (κ3) is 4.15. The van der Waals surface area contributed by atoms with E-state index in [0.29, 0.717) is 6.04 Å². The first-order valence-corrected chi connectivity index (χ1v) is 7.42. The topological polar surface area (TPSA) is 39.7 Å². The zero-order chi connectivity index (χ0) is 14.4. The van der Waals surface area contributed by atoms with Crippen LogP contribution in [0.2, 0.25) is 0 Å². The van der Waals surface area contributed by atoms with Crippen LogP contribution in [-0.4, -0.2) is 33.1 Å². The van der Waals surface area contributed by atoms with Crippen molar-refractivity contribution in [2.24, 2.45) is 4.99 Å². The minimum Gasteiger partial charge on any atom is -0.378 e. The summed E-state index contributed by atoms with van der Waals surface area (Å²) in [7, 11) is 5.95. The number of hydrogen-bond acceptors (Lipinski definition) is 2. The van der Waals surface area contributed by atoms with Crippen molar-refractivity contribution < 1.29 is 0 Å². The lowest BCUT2D eigenvalue weighted by atomic mass is 10.2. The van der Waals surface area contributed by atoms with Crippen LogP contribution < -0.4 is 15.5 Å². The van der Waals surface area contributed by atoms with Gasteiger partial charge in [0.25, 0.3) is 0 Å². The van der Waals surface area contributed by atoms with Gasteiger partial charge in [0, 0.05) is 39.4 Å². The van der Waals surface area contributed by atoms with E-state index in [0.717, 1.165) is 12.5 Å². The fourth-order valence-corrected chi connectivity index (χ4v) is 2.56. The Balaban J connectivity index is 1.83. The average molecular weight is 274 g/mol. The predicted octanol–water partition coefficient (Wildman–Crippen LogP) is 2.36. The number of rotatable bonds is 4. The molecule has 0 aliphatic heterocycles. The molecule has 4 heteroatoms. The molecular formula is C16H26N4. The second-order valence-corrected chi connectivity index (χ2v) is 5.61. The maximum Gasteiger partial charge on any atom is 0.191 e. The molecule has 2 N–H and O–H groups in total. The Kier molecular flexibility index (Phi) is 5.27. The molecule has 0 saturated heterocycles. The van der Waals surface area contributed by atoms with Crippen LogP contribution in [0.3, 0.4) is 0 Å². The molecule has 1 fully saturated rings. The quantitative estimate of drug-likeness (QED) is 0.654. The number of benzene rings is 1.